The van der Waals surface area contributed by atoms with Gasteiger partial charge in [0.2, 0.25) is 0 Å². The molecular formula is C18H22N4O2S. The van der Waals surface area contributed by atoms with Gasteiger partial charge in [-0.2, -0.15) is 0 Å². The third kappa shape index (κ3) is 3.56. The van der Waals surface area contributed by atoms with Crippen molar-refractivity contribution in [1.29, 1.82) is 0 Å². The molecule has 0 aliphatic heterocycles. The molecule has 0 amide bonds. The number of hydrogen-bond acceptors (Lipinski definition) is 4. The molecule has 0 spiro atoms. The van der Waals surface area contributed by atoms with Gasteiger partial charge < -0.3 is 4.57 Å². The summed E-state index contributed by atoms with van der Waals surface area (Å²) in [6, 6.07) is 10.1. The first-order valence-electron chi connectivity index (χ1n) is 8.41. The van der Waals surface area contributed by atoms with E-state index in [1.165, 1.54) is 10.1 Å². The van der Waals surface area contributed by atoms with E-state index in [2.05, 4.69) is 35.9 Å². The number of H-pyrrole nitrogens is 1. The van der Waals surface area contributed by atoms with E-state index in [0.717, 1.165) is 18.0 Å². The fourth-order valence-corrected chi connectivity index (χ4v) is 3.64. The predicted molar refractivity (Wildman–Crippen MR) is 101 cm³/mol. The molecule has 25 heavy (non-hydrogen) atoms. The first-order valence-corrected chi connectivity index (χ1v) is 9.29. The minimum atomic E-state index is -0.440. The Labute approximate surface area is 149 Å². The van der Waals surface area contributed by atoms with Gasteiger partial charge in [-0.1, -0.05) is 55.9 Å². The standard InChI is InChI=1S/C18H22N4O2S/c1-4-12(2)25-18-19-15-14(16(23)20-17(24)21(15)3)22(18)11-10-13-8-6-5-7-9-13/h5-9,12H,4,10-11H2,1-3H3,(H,20,23,24)/t12-/m0/s1. The van der Waals surface area contributed by atoms with E-state index in [-0.39, 0.29) is 5.56 Å². The summed E-state index contributed by atoms with van der Waals surface area (Å²) in [7, 11) is 1.63. The van der Waals surface area contributed by atoms with Gasteiger partial charge in [0.25, 0.3) is 5.56 Å². The largest absolute Gasteiger partial charge is 0.329 e. The molecule has 1 atom stereocenters. The molecule has 1 aromatic carbocycles. The fraction of sp³-hybridized carbons (Fsp3) is 0.389. The molecule has 0 fully saturated rings. The van der Waals surface area contributed by atoms with E-state index in [1.54, 1.807) is 18.8 Å². The van der Waals surface area contributed by atoms with Gasteiger partial charge in [-0.3, -0.25) is 14.3 Å². The van der Waals surface area contributed by atoms with Crippen LogP contribution in [0.5, 0.6) is 0 Å². The number of aromatic nitrogens is 4. The summed E-state index contributed by atoms with van der Waals surface area (Å²) in [4.78, 5) is 31.3. The Morgan fingerprint density at radius 2 is 1.96 bits per heavy atom. The number of thioether (sulfide) groups is 1. The predicted octanol–water partition coefficient (Wildman–Crippen LogP) is 2.56. The normalized spacial score (nSPS) is 12.6. The Kier molecular flexibility index (Phi) is 5.13. The lowest BCUT2D eigenvalue weighted by molar-refractivity contribution is 0.648. The third-order valence-electron chi connectivity index (χ3n) is 4.32. The van der Waals surface area contributed by atoms with Gasteiger partial charge in [0.15, 0.2) is 16.3 Å². The Hall–Kier alpha value is -2.28. The zero-order chi connectivity index (χ0) is 18.0. The number of benzene rings is 1. The van der Waals surface area contributed by atoms with Crippen LogP contribution in [0.3, 0.4) is 0 Å². The molecule has 3 aromatic rings. The van der Waals surface area contributed by atoms with Gasteiger partial charge in [0.1, 0.15) is 0 Å². The number of nitrogens with one attached hydrogen (secondary N) is 1. The molecule has 0 bridgehead atoms. The average Bonchev–Trinajstić information content (AvgIpc) is 2.97. The maximum atomic E-state index is 12.4. The summed E-state index contributed by atoms with van der Waals surface area (Å²) in [5, 5.41) is 1.16. The lowest BCUT2D eigenvalue weighted by atomic mass is 10.1. The number of hydrogen-bond donors (Lipinski definition) is 1. The lowest BCUT2D eigenvalue weighted by Crippen LogP contribution is -2.29. The highest BCUT2D eigenvalue weighted by atomic mass is 32.2. The Morgan fingerprint density at radius 1 is 1.24 bits per heavy atom. The number of aromatic amines is 1. The highest BCUT2D eigenvalue weighted by molar-refractivity contribution is 7.99. The van der Waals surface area contributed by atoms with Gasteiger partial charge in [-0.25, -0.2) is 9.78 Å². The van der Waals surface area contributed by atoms with Crippen LogP contribution in [-0.2, 0) is 20.0 Å². The topological polar surface area (TPSA) is 72.7 Å². The van der Waals surface area contributed by atoms with Crippen LogP contribution in [0.1, 0.15) is 25.8 Å². The van der Waals surface area contributed by atoms with Crippen molar-refractivity contribution in [3.05, 3.63) is 56.7 Å². The molecule has 3 rings (SSSR count). The fourth-order valence-electron chi connectivity index (χ4n) is 2.66. The van der Waals surface area contributed by atoms with Gasteiger partial charge in [0.05, 0.1) is 0 Å². The second kappa shape index (κ2) is 7.31. The number of imidazole rings is 1. The van der Waals surface area contributed by atoms with E-state index in [1.807, 2.05) is 22.8 Å². The number of fused-ring (bicyclic) bond motifs is 1. The number of aryl methyl sites for hydroxylation is 3. The molecule has 0 radical (unpaired) electrons. The van der Waals surface area contributed by atoms with Crippen LogP contribution in [0.2, 0.25) is 0 Å². The van der Waals surface area contributed by atoms with Gasteiger partial charge in [-0.15, -0.1) is 0 Å². The molecule has 6 nitrogen and oxygen atoms in total. The summed E-state index contributed by atoms with van der Waals surface area (Å²) >= 11 is 1.64. The average molecular weight is 358 g/mol. The van der Waals surface area contributed by atoms with E-state index >= 15 is 0 Å². The molecule has 0 saturated carbocycles. The lowest BCUT2D eigenvalue weighted by Gasteiger charge is -2.11. The van der Waals surface area contributed by atoms with Gasteiger partial charge in [-0.05, 0) is 18.4 Å². The van der Waals surface area contributed by atoms with E-state index in [0.29, 0.717) is 23.0 Å². The molecule has 0 unspecified atom stereocenters. The maximum absolute atomic E-state index is 12.4. The Bertz CT molecular complexity index is 988. The molecule has 132 valence electrons. The summed E-state index contributed by atoms with van der Waals surface area (Å²) in [6.45, 7) is 4.90. The van der Waals surface area contributed by atoms with Crippen molar-refractivity contribution in [2.24, 2.45) is 7.05 Å². The van der Waals surface area contributed by atoms with E-state index < -0.39 is 5.69 Å². The van der Waals surface area contributed by atoms with Gasteiger partial charge in [0, 0.05) is 18.8 Å². The SMILES string of the molecule is CC[C@H](C)Sc1nc2c(c(=O)[nH]c(=O)n2C)n1CCc1ccccc1. The van der Waals surface area contributed by atoms with Crippen LogP contribution < -0.4 is 11.2 Å². The maximum Gasteiger partial charge on any atom is 0.329 e. The zero-order valence-electron chi connectivity index (χ0n) is 14.7. The van der Waals surface area contributed by atoms with Crippen LogP contribution in [0.15, 0.2) is 45.1 Å². The first-order chi connectivity index (χ1) is 12.0. The second-order valence-corrected chi connectivity index (χ2v) is 7.51. The van der Waals surface area contributed by atoms with Crippen molar-refractivity contribution < 1.29 is 0 Å². The van der Waals surface area contributed by atoms with Crippen molar-refractivity contribution >= 4 is 22.9 Å². The molecule has 0 saturated heterocycles. The highest BCUT2D eigenvalue weighted by Gasteiger charge is 2.18. The molecule has 0 aliphatic carbocycles. The van der Waals surface area contributed by atoms with Crippen LogP contribution >= 0.6 is 11.8 Å². The van der Waals surface area contributed by atoms with Crippen LogP contribution in [0, 0.1) is 0 Å². The smallest absolute Gasteiger partial charge is 0.313 e. The number of rotatable bonds is 6. The van der Waals surface area contributed by atoms with Crippen molar-refractivity contribution in [3.8, 4) is 0 Å². The molecule has 2 heterocycles. The van der Waals surface area contributed by atoms with Gasteiger partial charge >= 0.3 is 5.69 Å². The summed E-state index contributed by atoms with van der Waals surface area (Å²) in [5.74, 6) is 0. The minimum absolute atomic E-state index is 0.378. The van der Waals surface area contributed by atoms with Crippen molar-refractivity contribution in [2.75, 3.05) is 0 Å². The molecular weight excluding hydrogens is 336 g/mol. The first kappa shape index (κ1) is 17.5. The summed E-state index contributed by atoms with van der Waals surface area (Å²) in [5.41, 5.74) is 1.28. The quantitative estimate of drug-likeness (QED) is 0.688. The molecule has 0 aliphatic rings. The summed E-state index contributed by atoms with van der Waals surface area (Å²) < 4.78 is 3.34. The second-order valence-electron chi connectivity index (χ2n) is 6.11. The zero-order valence-corrected chi connectivity index (χ0v) is 15.5. The summed E-state index contributed by atoms with van der Waals surface area (Å²) in [6.07, 6.45) is 1.80. The number of nitrogens with zero attached hydrogens (tertiary/aromatic N) is 3. The van der Waals surface area contributed by atoms with Crippen molar-refractivity contribution in [1.82, 2.24) is 19.1 Å². The Morgan fingerprint density at radius 3 is 2.64 bits per heavy atom. The molecule has 7 heteroatoms. The van der Waals surface area contributed by atoms with Crippen molar-refractivity contribution in [3.63, 3.8) is 0 Å². The van der Waals surface area contributed by atoms with E-state index in [9.17, 15) is 9.59 Å². The molecule has 1 N–H and O–H groups in total. The monoisotopic (exact) mass is 358 g/mol. The van der Waals surface area contributed by atoms with Crippen LogP contribution in [-0.4, -0.2) is 24.4 Å². The van der Waals surface area contributed by atoms with Crippen molar-refractivity contribution in [2.45, 2.75) is 43.6 Å². The minimum Gasteiger partial charge on any atom is -0.313 e. The van der Waals surface area contributed by atoms with Crippen LogP contribution in [0.25, 0.3) is 11.2 Å². The van der Waals surface area contributed by atoms with E-state index in [4.69, 9.17) is 0 Å². The highest BCUT2D eigenvalue weighted by Crippen LogP contribution is 2.27. The molecule has 2 aromatic heterocycles. The Balaban J connectivity index is 2.09. The third-order valence-corrected chi connectivity index (χ3v) is 5.58. The van der Waals surface area contributed by atoms with Crippen LogP contribution in [0.4, 0.5) is 0 Å².